The molecule has 124 valence electrons. The van der Waals surface area contributed by atoms with Gasteiger partial charge in [-0.25, -0.2) is 9.97 Å². The predicted molar refractivity (Wildman–Crippen MR) is 87.0 cm³/mol. The zero-order valence-corrected chi connectivity index (χ0v) is 13.4. The van der Waals surface area contributed by atoms with E-state index in [1.807, 2.05) is 6.92 Å². The molecule has 1 aromatic heterocycles. The number of rotatable bonds is 9. The summed E-state index contributed by atoms with van der Waals surface area (Å²) >= 11 is 0. The van der Waals surface area contributed by atoms with Crippen molar-refractivity contribution < 1.29 is 14.4 Å². The normalized spacial score (nSPS) is 10.7. The van der Waals surface area contributed by atoms with Crippen molar-refractivity contribution in [3.63, 3.8) is 0 Å². The number of nitro groups is 1. The van der Waals surface area contributed by atoms with Crippen LogP contribution in [-0.2, 0) is 0 Å². The van der Waals surface area contributed by atoms with Gasteiger partial charge in [0.2, 0.25) is 0 Å². The summed E-state index contributed by atoms with van der Waals surface area (Å²) in [6, 6.07) is 4.37. The molecule has 0 bridgehead atoms. The lowest BCUT2D eigenvalue weighted by Crippen LogP contribution is -2.06. The SMILES string of the molecule is CCCCCOc1nc2ccc([N+](=O)[O-])cc2nc1OCCC. The summed E-state index contributed by atoms with van der Waals surface area (Å²) in [5, 5.41) is 10.9. The molecule has 2 rings (SSSR count). The predicted octanol–water partition coefficient (Wildman–Crippen LogP) is 3.90. The molecule has 0 aliphatic heterocycles. The van der Waals surface area contributed by atoms with Gasteiger partial charge in [0, 0.05) is 12.1 Å². The molecule has 0 N–H and O–H groups in total. The first kappa shape index (κ1) is 16.9. The molecule has 0 fully saturated rings. The first-order chi connectivity index (χ1) is 11.2. The maximum atomic E-state index is 10.9. The molecule has 0 atom stereocenters. The van der Waals surface area contributed by atoms with Crippen molar-refractivity contribution in [1.29, 1.82) is 0 Å². The fraction of sp³-hybridized carbons (Fsp3) is 0.500. The van der Waals surface area contributed by atoms with Gasteiger partial charge in [-0.05, 0) is 18.9 Å². The fourth-order valence-corrected chi connectivity index (χ4v) is 2.03. The van der Waals surface area contributed by atoms with Crippen molar-refractivity contribution >= 4 is 16.7 Å². The number of benzene rings is 1. The van der Waals surface area contributed by atoms with Crippen molar-refractivity contribution in [3.05, 3.63) is 28.3 Å². The van der Waals surface area contributed by atoms with E-state index in [9.17, 15) is 10.1 Å². The van der Waals surface area contributed by atoms with E-state index in [1.165, 1.54) is 12.1 Å². The highest BCUT2D eigenvalue weighted by molar-refractivity contribution is 5.78. The van der Waals surface area contributed by atoms with E-state index < -0.39 is 4.92 Å². The smallest absolute Gasteiger partial charge is 0.278 e. The lowest BCUT2D eigenvalue weighted by atomic mass is 10.2. The molecule has 1 heterocycles. The average Bonchev–Trinajstić information content (AvgIpc) is 2.56. The van der Waals surface area contributed by atoms with E-state index in [-0.39, 0.29) is 11.6 Å². The Morgan fingerprint density at radius 1 is 1.00 bits per heavy atom. The topological polar surface area (TPSA) is 87.4 Å². The number of fused-ring (bicyclic) bond motifs is 1. The van der Waals surface area contributed by atoms with Gasteiger partial charge in [0.1, 0.15) is 0 Å². The number of hydrogen-bond donors (Lipinski definition) is 0. The van der Waals surface area contributed by atoms with E-state index >= 15 is 0 Å². The van der Waals surface area contributed by atoms with Gasteiger partial charge < -0.3 is 9.47 Å². The second kappa shape index (κ2) is 8.26. The first-order valence-corrected chi connectivity index (χ1v) is 7.87. The Morgan fingerprint density at radius 2 is 1.70 bits per heavy atom. The number of nitro benzene ring substituents is 1. The Bertz CT molecular complexity index is 676. The van der Waals surface area contributed by atoms with Gasteiger partial charge in [-0.2, -0.15) is 0 Å². The molecular formula is C16H21N3O4. The van der Waals surface area contributed by atoms with Crippen LogP contribution in [0.2, 0.25) is 0 Å². The van der Waals surface area contributed by atoms with Gasteiger partial charge in [-0.15, -0.1) is 0 Å². The zero-order chi connectivity index (χ0) is 16.7. The van der Waals surface area contributed by atoms with Crippen molar-refractivity contribution in [3.8, 4) is 11.8 Å². The van der Waals surface area contributed by atoms with Crippen molar-refractivity contribution in [2.45, 2.75) is 39.5 Å². The molecular weight excluding hydrogens is 298 g/mol. The van der Waals surface area contributed by atoms with E-state index in [1.54, 1.807) is 6.07 Å². The Labute approximate surface area is 134 Å². The largest absolute Gasteiger partial charge is 0.474 e. The molecule has 0 aliphatic carbocycles. The maximum absolute atomic E-state index is 10.9. The van der Waals surface area contributed by atoms with Crippen LogP contribution in [0.25, 0.3) is 11.0 Å². The molecule has 2 aromatic rings. The molecule has 0 unspecified atom stereocenters. The molecule has 0 aliphatic rings. The van der Waals surface area contributed by atoms with E-state index in [2.05, 4.69) is 16.9 Å². The van der Waals surface area contributed by atoms with Gasteiger partial charge in [-0.3, -0.25) is 10.1 Å². The Kier molecular flexibility index (Phi) is 6.08. The highest BCUT2D eigenvalue weighted by Crippen LogP contribution is 2.28. The number of non-ortho nitro benzene ring substituents is 1. The second-order valence-electron chi connectivity index (χ2n) is 5.17. The summed E-state index contributed by atoms with van der Waals surface area (Å²) in [4.78, 5) is 19.2. The summed E-state index contributed by atoms with van der Waals surface area (Å²) in [5.74, 6) is 0.632. The van der Waals surface area contributed by atoms with Crippen molar-refractivity contribution in [2.75, 3.05) is 13.2 Å². The molecule has 1 aromatic carbocycles. The monoisotopic (exact) mass is 319 g/mol. The standard InChI is InChI=1S/C16H21N3O4/c1-3-5-6-10-23-15-16(22-9-4-2)18-14-11-12(19(20)21)7-8-13(14)17-15/h7-8,11H,3-6,9-10H2,1-2H3. The van der Waals surface area contributed by atoms with Gasteiger partial charge in [-0.1, -0.05) is 26.7 Å². The summed E-state index contributed by atoms with van der Waals surface area (Å²) < 4.78 is 11.3. The number of unbranched alkanes of at least 4 members (excludes halogenated alkanes) is 2. The van der Waals surface area contributed by atoms with Crippen LogP contribution in [0.15, 0.2) is 18.2 Å². The number of ether oxygens (including phenoxy) is 2. The minimum atomic E-state index is -0.456. The van der Waals surface area contributed by atoms with Gasteiger partial charge in [0.05, 0.1) is 29.2 Å². The van der Waals surface area contributed by atoms with Crippen molar-refractivity contribution in [1.82, 2.24) is 9.97 Å². The zero-order valence-electron chi connectivity index (χ0n) is 13.4. The highest BCUT2D eigenvalue weighted by atomic mass is 16.6. The quantitative estimate of drug-likeness (QED) is 0.396. The fourth-order valence-electron chi connectivity index (χ4n) is 2.03. The van der Waals surface area contributed by atoms with Crippen LogP contribution in [0.3, 0.4) is 0 Å². The molecule has 0 saturated carbocycles. The van der Waals surface area contributed by atoms with Crippen LogP contribution in [0, 0.1) is 10.1 Å². The number of aromatic nitrogens is 2. The Morgan fingerprint density at radius 3 is 2.35 bits per heavy atom. The minimum absolute atomic E-state index is 0.0233. The van der Waals surface area contributed by atoms with Crippen LogP contribution in [-0.4, -0.2) is 28.1 Å². The summed E-state index contributed by atoms with van der Waals surface area (Å²) in [6.07, 6.45) is 3.95. The molecule has 0 saturated heterocycles. The molecule has 7 heteroatoms. The van der Waals surface area contributed by atoms with Crippen LogP contribution < -0.4 is 9.47 Å². The average molecular weight is 319 g/mol. The number of hydrogen-bond acceptors (Lipinski definition) is 6. The Balaban J connectivity index is 2.30. The third kappa shape index (κ3) is 4.51. The lowest BCUT2D eigenvalue weighted by Gasteiger charge is -2.11. The number of nitrogens with zero attached hydrogens (tertiary/aromatic N) is 3. The van der Waals surface area contributed by atoms with Crippen LogP contribution in [0.4, 0.5) is 5.69 Å². The minimum Gasteiger partial charge on any atom is -0.474 e. The van der Waals surface area contributed by atoms with E-state index in [4.69, 9.17) is 9.47 Å². The highest BCUT2D eigenvalue weighted by Gasteiger charge is 2.14. The van der Waals surface area contributed by atoms with Crippen LogP contribution in [0.5, 0.6) is 11.8 Å². The van der Waals surface area contributed by atoms with Gasteiger partial charge in [0.15, 0.2) is 0 Å². The Hall–Kier alpha value is -2.44. The molecule has 0 spiro atoms. The van der Waals surface area contributed by atoms with Crippen LogP contribution >= 0.6 is 0 Å². The van der Waals surface area contributed by atoms with Crippen LogP contribution in [0.1, 0.15) is 39.5 Å². The van der Waals surface area contributed by atoms with Gasteiger partial charge in [0.25, 0.3) is 17.4 Å². The first-order valence-electron chi connectivity index (χ1n) is 7.87. The maximum Gasteiger partial charge on any atom is 0.278 e. The van der Waals surface area contributed by atoms with Gasteiger partial charge >= 0.3 is 0 Å². The summed E-state index contributed by atoms with van der Waals surface area (Å²) in [7, 11) is 0. The molecule has 7 nitrogen and oxygen atoms in total. The lowest BCUT2D eigenvalue weighted by molar-refractivity contribution is -0.384. The van der Waals surface area contributed by atoms with Crippen molar-refractivity contribution in [2.24, 2.45) is 0 Å². The van der Waals surface area contributed by atoms with E-state index in [0.29, 0.717) is 30.1 Å². The molecule has 0 amide bonds. The molecule has 23 heavy (non-hydrogen) atoms. The summed E-state index contributed by atoms with van der Waals surface area (Å²) in [6.45, 7) is 5.14. The van der Waals surface area contributed by atoms with E-state index in [0.717, 1.165) is 25.7 Å². The third-order valence-corrected chi connectivity index (χ3v) is 3.23. The third-order valence-electron chi connectivity index (χ3n) is 3.23. The summed E-state index contributed by atoms with van der Waals surface area (Å²) in [5.41, 5.74) is 0.945. The molecule has 0 radical (unpaired) electrons. The second-order valence-corrected chi connectivity index (χ2v) is 5.17.